The Morgan fingerprint density at radius 2 is 1.50 bits per heavy atom. The summed E-state index contributed by atoms with van der Waals surface area (Å²) in [4.78, 5) is 24.9. The number of benzene rings is 3. The van der Waals surface area contributed by atoms with E-state index in [-0.39, 0.29) is 18.4 Å². The van der Waals surface area contributed by atoms with Gasteiger partial charge in [0.15, 0.2) is 6.61 Å². The van der Waals surface area contributed by atoms with Crippen LogP contribution in [-0.2, 0) is 11.2 Å². The van der Waals surface area contributed by atoms with Crippen LogP contribution in [0.4, 0.5) is 11.4 Å². The lowest BCUT2D eigenvalue weighted by Gasteiger charge is -2.13. The van der Waals surface area contributed by atoms with Crippen molar-refractivity contribution in [1.82, 2.24) is 0 Å². The van der Waals surface area contributed by atoms with Gasteiger partial charge in [-0.2, -0.15) is 0 Å². The fraction of sp³-hybridized carbons (Fsp3) is 0.130. The second kappa shape index (κ2) is 9.37. The van der Waals surface area contributed by atoms with E-state index in [1.165, 1.54) is 0 Å². The first-order chi connectivity index (χ1) is 13.7. The van der Waals surface area contributed by atoms with Gasteiger partial charge in [-0.25, -0.2) is 0 Å². The first kappa shape index (κ1) is 19.2. The first-order valence-corrected chi connectivity index (χ1v) is 9.13. The van der Waals surface area contributed by atoms with Gasteiger partial charge in [-0.3, -0.25) is 9.59 Å². The van der Waals surface area contributed by atoms with E-state index in [0.29, 0.717) is 17.0 Å². The summed E-state index contributed by atoms with van der Waals surface area (Å²) in [6.07, 6.45) is 0.819. The standard InChI is InChI=1S/C23H22N2O3/c1-2-17-10-6-8-14-20(17)25-22(26)16-28-21-15-9-7-13-19(21)23(27)24-18-11-4-3-5-12-18/h3-15H,2,16H2,1H3,(H,24,27)(H,25,26). The molecule has 5 nitrogen and oxygen atoms in total. The van der Waals surface area contributed by atoms with E-state index in [1.54, 1.807) is 36.4 Å². The number of amides is 2. The molecule has 3 aromatic carbocycles. The molecule has 0 unspecified atom stereocenters. The fourth-order valence-electron chi connectivity index (χ4n) is 2.78. The van der Waals surface area contributed by atoms with Crippen LogP contribution in [0.3, 0.4) is 0 Å². The second-order valence-electron chi connectivity index (χ2n) is 6.16. The molecule has 0 radical (unpaired) electrons. The van der Waals surface area contributed by atoms with Crippen LogP contribution in [-0.4, -0.2) is 18.4 Å². The van der Waals surface area contributed by atoms with Crippen LogP contribution < -0.4 is 15.4 Å². The summed E-state index contributed by atoms with van der Waals surface area (Å²) in [6.45, 7) is 1.84. The van der Waals surface area contributed by atoms with E-state index in [1.807, 2.05) is 49.4 Å². The summed E-state index contributed by atoms with van der Waals surface area (Å²) in [5.41, 5.74) is 2.89. The average molecular weight is 374 g/mol. The Morgan fingerprint density at radius 1 is 0.821 bits per heavy atom. The highest BCUT2D eigenvalue weighted by Crippen LogP contribution is 2.20. The van der Waals surface area contributed by atoms with Crippen molar-refractivity contribution in [3.63, 3.8) is 0 Å². The second-order valence-corrected chi connectivity index (χ2v) is 6.16. The number of carbonyl (C=O) groups excluding carboxylic acids is 2. The Hall–Kier alpha value is -3.60. The number of anilines is 2. The SMILES string of the molecule is CCc1ccccc1NC(=O)COc1ccccc1C(=O)Nc1ccccc1. The highest BCUT2D eigenvalue weighted by Gasteiger charge is 2.14. The Kier molecular flexibility index (Phi) is 6.41. The van der Waals surface area contributed by atoms with E-state index >= 15 is 0 Å². The molecule has 0 spiro atoms. The zero-order chi connectivity index (χ0) is 19.8. The van der Waals surface area contributed by atoms with Gasteiger partial charge in [-0.1, -0.05) is 55.5 Å². The maximum Gasteiger partial charge on any atom is 0.262 e. The van der Waals surface area contributed by atoms with Gasteiger partial charge < -0.3 is 15.4 Å². The Morgan fingerprint density at radius 3 is 2.29 bits per heavy atom. The van der Waals surface area contributed by atoms with Crippen molar-refractivity contribution >= 4 is 23.2 Å². The molecule has 0 aliphatic rings. The molecule has 0 atom stereocenters. The minimum absolute atomic E-state index is 0.187. The van der Waals surface area contributed by atoms with Crippen molar-refractivity contribution < 1.29 is 14.3 Å². The minimum atomic E-state index is -0.293. The average Bonchev–Trinajstić information content (AvgIpc) is 2.73. The summed E-state index contributed by atoms with van der Waals surface area (Å²) in [6, 6.07) is 23.7. The maximum atomic E-state index is 12.6. The zero-order valence-corrected chi connectivity index (χ0v) is 15.6. The molecular formula is C23H22N2O3. The number of hydrogen-bond donors (Lipinski definition) is 2. The molecule has 0 aliphatic heterocycles. The third kappa shape index (κ3) is 4.98. The summed E-state index contributed by atoms with van der Waals surface area (Å²) >= 11 is 0. The van der Waals surface area contributed by atoms with Crippen LogP contribution in [0.1, 0.15) is 22.8 Å². The summed E-state index contributed by atoms with van der Waals surface area (Å²) < 4.78 is 5.63. The molecule has 0 fully saturated rings. The van der Waals surface area contributed by atoms with Gasteiger partial charge >= 0.3 is 0 Å². The molecule has 0 bridgehead atoms. The third-order valence-corrected chi connectivity index (χ3v) is 4.19. The van der Waals surface area contributed by atoms with Gasteiger partial charge in [0.2, 0.25) is 0 Å². The molecule has 3 aromatic rings. The number of ether oxygens (including phenoxy) is 1. The van der Waals surface area contributed by atoms with Crippen LogP contribution in [0, 0.1) is 0 Å². The van der Waals surface area contributed by atoms with Crippen molar-refractivity contribution in [3.8, 4) is 5.75 Å². The normalized spacial score (nSPS) is 10.2. The molecule has 0 saturated carbocycles. The Bertz CT molecular complexity index is 955. The fourth-order valence-corrected chi connectivity index (χ4v) is 2.78. The van der Waals surface area contributed by atoms with Gasteiger partial charge in [0.1, 0.15) is 5.75 Å². The van der Waals surface area contributed by atoms with Crippen LogP contribution in [0.25, 0.3) is 0 Å². The predicted molar refractivity (Wildman–Crippen MR) is 111 cm³/mol. The molecule has 2 amide bonds. The van der Waals surface area contributed by atoms with Gasteiger partial charge in [0.25, 0.3) is 11.8 Å². The van der Waals surface area contributed by atoms with E-state index < -0.39 is 0 Å². The minimum Gasteiger partial charge on any atom is -0.483 e. The van der Waals surface area contributed by atoms with Crippen LogP contribution >= 0.6 is 0 Å². The van der Waals surface area contributed by atoms with Crippen LogP contribution in [0.2, 0.25) is 0 Å². The number of rotatable bonds is 7. The molecule has 0 heterocycles. The van der Waals surface area contributed by atoms with Gasteiger partial charge in [0.05, 0.1) is 5.56 Å². The monoisotopic (exact) mass is 374 g/mol. The lowest BCUT2D eigenvalue weighted by atomic mass is 10.1. The highest BCUT2D eigenvalue weighted by atomic mass is 16.5. The third-order valence-electron chi connectivity index (χ3n) is 4.19. The molecule has 3 rings (SSSR count). The highest BCUT2D eigenvalue weighted by molar-refractivity contribution is 6.06. The number of aryl methyl sites for hydroxylation is 1. The van der Waals surface area contributed by atoms with Crippen LogP contribution in [0.15, 0.2) is 78.9 Å². The quantitative estimate of drug-likeness (QED) is 0.639. The van der Waals surface area contributed by atoms with Crippen molar-refractivity contribution in [1.29, 1.82) is 0 Å². The number of para-hydroxylation sites is 3. The van der Waals surface area contributed by atoms with Crippen LogP contribution in [0.5, 0.6) is 5.75 Å². The van der Waals surface area contributed by atoms with Gasteiger partial charge in [-0.15, -0.1) is 0 Å². The van der Waals surface area contributed by atoms with E-state index in [9.17, 15) is 9.59 Å². The number of carbonyl (C=O) groups is 2. The van der Waals surface area contributed by atoms with Crippen molar-refractivity contribution in [2.24, 2.45) is 0 Å². The smallest absolute Gasteiger partial charge is 0.262 e. The van der Waals surface area contributed by atoms with Crippen molar-refractivity contribution in [2.45, 2.75) is 13.3 Å². The summed E-state index contributed by atoms with van der Waals surface area (Å²) in [5.74, 6) is -0.215. The predicted octanol–water partition coefficient (Wildman–Crippen LogP) is 4.52. The molecule has 0 saturated heterocycles. The van der Waals surface area contributed by atoms with Crippen molar-refractivity contribution in [2.75, 3.05) is 17.2 Å². The molecule has 0 aromatic heterocycles. The summed E-state index contributed by atoms with van der Waals surface area (Å²) in [7, 11) is 0. The lowest BCUT2D eigenvalue weighted by molar-refractivity contribution is -0.118. The van der Waals surface area contributed by atoms with E-state index in [0.717, 1.165) is 17.7 Å². The Balaban J connectivity index is 1.65. The molecule has 142 valence electrons. The molecule has 0 aliphatic carbocycles. The molecule has 28 heavy (non-hydrogen) atoms. The van der Waals surface area contributed by atoms with Gasteiger partial charge in [0, 0.05) is 11.4 Å². The Labute approximate surface area is 164 Å². The van der Waals surface area contributed by atoms with Gasteiger partial charge in [-0.05, 0) is 42.3 Å². The molecule has 5 heteroatoms. The topological polar surface area (TPSA) is 67.4 Å². The van der Waals surface area contributed by atoms with E-state index in [4.69, 9.17) is 4.74 Å². The zero-order valence-electron chi connectivity index (χ0n) is 15.6. The van der Waals surface area contributed by atoms with E-state index in [2.05, 4.69) is 10.6 Å². The largest absolute Gasteiger partial charge is 0.483 e. The summed E-state index contributed by atoms with van der Waals surface area (Å²) in [5, 5.41) is 5.68. The maximum absolute atomic E-state index is 12.6. The first-order valence-electron chi connectivity index (χ1n) is 9.13. The number of hydrogen-bond acceptors (Lipinski definition) is 3. The molecule has 2 N–H and O–H groups in total. The number of nitrogens with one attached hydrogen (secondary N) is 2. The molecular weight excluding hydrogens is 352 g/mol. The lowest BCUT2D eigenvalue weighted by Crippen LogP contribution is -2.22. The van der Waals surface area contributed by atoms with Crippen molar-refractivity contribution in [3.05, 3.63) is 90.0 Å².